The zero-order valence-electron chi connectivity index (χ0n) is 23.9. The third kappa shape index (κ3) is 7.41. The van der Waals surface area contributed by atoms with Crippen LogP contribution in [0, 0.1) is 17.8 Å². The third-order valence-corrected chi connectivity index (χ3v) is 10.0. The molecule has 1 amide bonds. The molecule has 5 heteroatoms. The summed E-state index contributed by atoms with van der Waals surface area (Å²) in [5, 5.41) is 0. The first-order chi connectivity index (χ1) is 19.0. The monoisotopic (exact) mass is 531 g/mol. The van der Waals surface area contributed by atoms with Gasteiger partial charge in [-0.15, -0.1) is 0 Å². The van der Waals surface area contributed by atoms with Gasteiger partial charge in [0, 0.05) is 25.1 Å². The Kier molecular flexibility index (Phi) is 9.57. The van der Waals surface area contributed by atoms with Crippen LogP contribution in [0.15, 0.2) is 47.0 Å². The van der Waals surface area contributed by atoms with Gasteiger partial charge in [0.15, 0.2) is 5.78 Å². The first kappa shape index (κ1) is 28.1. The number of hydrogen-bond donors (Lipinski definition) is 1. The summed E-state index contributed by atoms with van der Waals surface area (Å²) in [7, 11) is 0. The molecule has 2 N–H and O–H groups in total. The fraction of sp³-hybridized carbons (Fsp3) is 0.676. The Morgan fingerprint density at radius 3 is 2.15 bits per heavy atom. The fourth-order valence-corrected chi connectivity index (χ4v) is 7.86. The van der Waals surface area contributed by atoms with Crippen molar-refractivity contribution in [2.75, 3.05) is 13.1 Å². The lowest BCUT2D eigenvalue weighted by molar-refractivity contribution is -0.130. The van der Waals surface area contributed by atoms with E-state index in [1.807, 2.05) is 29.2 Å². The van der Waals surface area contributed by atoms with Crippen LogP contribution >= 0.6 is 0 Å². The number of carbonyl (C=O) groups excluding carboxylic acids is 2. The number of aryl methyl sites for hydroxylation is 1. The first-order valence-electron chi connectivity index (χ1n) is 15.9. The molecule has 1 unspecified atom stereocenters. The molecule has 0 spiro atoms. The van der Waals surface area contributed by atoms with Gasteiger partial charge in [-0.2, -0.15) is 0 Å². The number of nitrogens with two attached hydrogens (primary N) is 1. The fourth-order valence-electron chi connectivity index (χ4n) is 7.86. The van der Waals surface area contributed by atoms with Gasteiger partial charge in [-0.25, -0.2) is 0 Å². The second-order valence-electron chi connectivity index (χ2n) is 13.0. The highest BCUT2D eigenvalue weighted by Crippen LogP contribution is 2.43. The lowest BCUT2D eigenvalue weighted by Gasteiger charge is -2.39. The van der Waals surface area contributed by atoms with E-state index in [1.54, 1.807) is 0 Å². The molecular formula is C34H49N3O2. The van der Waals surface area contributed by atoms with E-state index in [0.29, 0.717) is 30.0 Å². The van der Waals surface area contributed by atoms with Gasteiger partial charge in [0.1, 0.15) is 11.4 Å². The minimum absolute atomic E-state index is 0.254. The average molecular weight is 532 g/mol. The molecule has 1 saturated heterocycles. The van der Waals surface area contributed by atoms with Crippen molar-refractivity contribution in [2.24, 2.45) is 28.5 Å². The van der Waals surface area contributed by atoms with Gasteiger partial charge < -0.3 is 10.6 Å². The highest BCUT2D eigenvalue weighted by Gasteiger charge is 2.45. The maximum atomic E-state index is 14.2. The molecule has 2 aliphatic heterocycles. The molecular weight excluding hydrogens is 482 g/mol. The molecule has 212 valence electrons. The van der Waals surface area contributed by atoms with Gasteiger partial charge >= 0.3 is 0 Å². The minimum Gasteiger partial charge on any atom is -0.384 e. The minimum atomic E-state index is -0.646. The van der Waals surface area contributed by atoms with Crippen molar-refractivity contribution in [2.45, 2.75) is 115 Å². The van der Waals surface area contributed by atoms with Crippen LogP contribution in [0.5, 0.6) is 0 Å². The molecule has 39 heavy (non-hydrogen) atoms. The van der Waals surface area contributed by atoms with E-state index in [4.69, 9.17) is 10.7 Å². The molecule has 2 heterocycles. The molecule has 2 aliphatic carbocycles. The molecule has 0 bridgehead atoms. The van der Waals surface area contributed by atoms with E-state index in [9.17, 15) is 9.59 Å². The summed E-state index contributed by atoms with van der Waals surface area (Å²) < 4.78 is 0. The molecule has 1 atom stereocenters. The van der Waals surface area contributed by atoms with E-state index in [-0.39, 0.29) is 11.7 Å². The van der Waals surface area contributed by atoms with Crippen molar-refractivity contribution >= 4 is 17.5 Å². The predicted molar refractivity (Wildman–Crippen MR) is 159 cm³/mol. The largest absolute Gasteiger partial charge is 0.384 e. The van der Waals surface area contributed by atoms with Crippen LogP contribution < -0.4 is 5.73 Å². The Morgan fingerprint density at radius 1 is 0.872 bits per heavy atom. The molecule has 5 nitrogen and oxygen atoms in total. The van der Waals surface area contributed by atoms with Crippen LogP contribution in [0.4, 0.5) is 0 Å². The summed E-state index contributed by atoms with van der Waals surface area (Å²) in [5.74, 6) is 2.71. The van der Waals surface area contributed by atoms with Crippen LogP contribution in [-0.2, 0) is 16.0 Å². The number of aliphatic imine (C=N–C) groups is 1. The van der Waals surface area contributed by atoms with Crippen molar-refractivity contribution in [1.29, 1.82) is 0 Å². The number of amides is 1. The number of nitrogens with zero attached hydrogens (tertiary/aromatic N) is 2. The van der Waals surface area contributed by atoms with Gasteiger partial charge in [-0.1, -0.05) is 94.5 Å². The van der Waals surface area contributed by atoms with E-state index in [1.165, 1.54) is 69.8 Å². The number of benzene rings is 1. The Labute approximate surface area is 235 Å². The number of dihydropyridines is 1. The number of Topliss-reactive ketones (excluding diaryl/α,β-unsaturated/α-hetero) is 1. The zero-order valence-corrected chi connectivity index (χ0v) is 23.9. The van der Waals surface area contributed by atoms with Crippen LogP contribution in [0.2, 0.25) is 0 Å². The average Bonchev–Trinajstić information content (AvgIpc) is 3.44. The van der Waals surface area contributed by atoms with E-state index in [0.717, 1.165) is 57.2 Å². The molecule has 0 radical (unpaired) electrons. The number of rotatable bonds is 10. The molecule has 1 aromatic carbocycles. The first-order valence-corrected chi connectivity index (χ1v) is 15.9. The summed E-state index contributed by atoms with van der Waals surface area (Å²) in [4.78, 5) is 34.1. The van der Waals surface area contributed by atoms with Gasteiger partial charge in [0.25, 0.3) is 0 Å². The van der Waals surface area contributed by atoms with Crippen LogP contribution in [0.1, 0.15) is 108 Å². The van der Waals surface area contributed by atoms with E-state index < -0.39 is 5.54 Å². The molecule has 0 aromatic heterocycles. The van der Waals surface area contributed by atoms with Crippen LogP contribution in [-0.4, -0.2) is 41.1 Å². The van der Waals surface area contributed by atoms with Crippen molar-refractivity contribution in [1.82, 2.24) is 4.90 Å². The normalized spacial score (nSPS) is 24.5. The standard InChI is InChI=1S/C34H49N3O2/c35-31-22-30(18-16-29-20-21-37(25-29)32(38)19-17-26-10-4-1-5-11-26)33(39)34(36-31,23-27-12-6-2-7-13-27)24-28-14-8-3-9-15-28/h1,4-5,10-11,22,27-29H,2-3,6-9,12-21,23-25H2,(H2,35,36). The summed E-state index contributed by atoms with van der Waals surface area (Å²) in [6.07, 6.45) is 20.4. The maximum Gasteiger partial charge on any atom is 0.222 e. The second-order valence-corrected chi connectivity index (χ2v) is 13.0. The Hall–Kier alpha value is -2.43. The number of hydrogen-bond acceptors (Lipinski definition) is 4. The number of ketones is 1. The SMILES string of the molecule is NC1=NC(CC2CCCCC2)(CC2CCCCC2)C(=O)C(CCC2CCN(C(=O)CCc3ccccc3)C2)=C1. The van der Waals surface area contributed by atoms with Crippen molar-refractivity contribution in [3.63, 3.8) is 0 Å². The number of likely N-dealkylation sites (tertiary alicyclic amines) is 1. The smallest absolute Gasteiger partial charge is 0.222 e. The quantitative estimate of drug-likeness (QED) is 0.361. The highest BCUT2D eigenvalue weighted by atomic mass is 16.2. The lowest BCUT2D eigenvalue weighted by Crippen LogP contribution is -2.46. The molecule has 1 aromatic rings. The van der Waals surface area contributed by atoms with Gasteiger partial charge in [-0.05, 0) is 67.9 Å². The van der Waals surface area contributed by atoms with Crippen molar-refractivity contribution in [3.8, 4) is 0 Å². The summed E-state index contributed by atoms with van der Waals surface area (Å²) >= 11 is 0. The van der Waals surface area contributed by atoms with Gasteiger partial charge in [0.05, 0.1) is 0 Å². The summed E-state index contributed by atoms with van der Waals surface area (Å²) in [6, 6.07) is 10.3. The van der Waals surface area contributed by atoms with Crippen LogP contribution in [0.3, 0.4) is 0 Å². The molecule has 3 fully saturated rings. The summed E-state index contributed by atoms with van der Waals surface area (Å²) in [5.41, 5.74) is 7.93. The zero-order chi connectivity index (χ0) is 27.1. The van der Waals surface area contributed by atoms with Crippen molar-refractivity contribution in [3.05, 3.63) is 47.5 Å². The van der Waals surface area contributed by atoms with E-state index >= 15 is 0 Å². The maximum absolute atomic E-state index is 14.2. The van der Waals surface area contributed by atoms with E-state index in [2.05, 4.69) is 12.1 Å². The third-order valence-electron chi connectivity index (χ3n) is 10.0. The Morgan fingerprint density at radius 2 is 1.51 bits per heavy atom. The topological polar surface area (TPSA) is 75.8 Å². The number of carbonyl (C=O) groups is 2. The molecule has 4 aliphatic rings. The van der Waals surface area contributed by atoms with Crippen molar-refractivity contribution < 1.29 is 9.59 Å². The van der Waals surface area contributed by atoms with Gasteiger partial charge in [-0.3, -0.25) is 14.6 Å². The number of amidine groups is 1. The molecule has 5 rings (SSSR count). The van der Waals surface area contributed by atoms with Gasteiger partial charge in [0.2, 0.25) is 5.91 Å². The highest BCUT2D eigenvalue weighted by molar-refractivity contribution is 6.12. The predicted octanol–water partition coefficient (Wildman–Crippen LogP) is 6.79. The second kappa shape index (κ2) is 13.3. The summed E-state index contributed by atoms with van der Waals surface area (Å²) in [6.45, 7) is 1.65. The molecule has 2 saturated carbocycles. The Balaban J connectivity index is 1.19. The lowest BCUT2D eigenvalue weighted by atomic mass is 9.69. The Bertz CT molecular complexity index is 1010. The van der Waals surface area contributed by atoms with Crippen LogP contribution in [0.25, 0.3) is 0 Å².